The Labute approximate surface area is 309 Å². The number of rotatable bonds is 41. The van der Waals surface area contributed by atoms with Crippen LogP contribution in [0.25, 0.3) is 0 Å². The van der Waals surface area contributed by atoms with Gasteiger partial charge in [0.05, 0.1) is 0 Å². The first kappa shape index (κ1) is 49.1. The van der Waals surface area contributed by atoms with Gasteiger partial charge in [-0.3, -0.25) is 0 Å². The summed E-state index contributed by atoms with van der Waals surface area (Å²) in [6, 6.07) is 0. The van der Waals surface area contributed by atoms with E-state index in [1.165, 1.54) is 231 Å². The van der Waals surface area contributed by atoms with Crippen LogP contribution in [0.5, 0.6) is 0 Å². The molecule has 4 heteroatoms. The molecule has 0 aromatic carbocycles. The van der Waals surface area contributed by atoms with Gasteiger partial charge in [-0.1, -0.05) is 232 Å². The Bertz CT molecular complexity index is 532. The zero-order valence-electron chi connectivity index (χ0n) is 33.0. The van der Waals surface area contributed by atoms with Crippen LogP contribution >= 0.6 is 0 Å². The number of carbonyl (C=O) groups excluding carboxylic acids is 1. The molecule has 0 atom stereocenters. The van der Waals surface area contributed by atoms with Gasteiger partial charge < -0.3 is 14.8 Å². The summed E-state index contributed by atoms with van der Waals surface area (Å²) in [6.45, 7) is 7.38. The molecule has 0 bridgehead atoms. The standard InChI is InChI=1S/C43H87NO2.Li/c1-3-5-7-9-11-13-15-17-19-21-23-25-27-29-31-33-35-37-40-44(42-39-43(45)46)41-38-36-34-32-30-28-26-24-22-20-18-16-14-12-10-8-6-4-2;/h3-42H2,1-2H3,(H,45,46);/q;+1/p-1. The predicted molar refractivity (Wildman–Crippen MR) is 204 cm³/mol. The molecule has 0 aliphatic heterocycles. The van der Waals surface area contributed by atoms with E-state index in [1.54, 1.807) is 0 Å². The largest absolute Gasteiger partial charge is 1.00 e. The minimum Gasteiger partial charge on any atom is -0.550 e. The molecular weight excluding hydrogens is 569 g/mol. The van der Waals surface area contributed by atoms with Crippen molar-refractivity contribution in [3.05, 3.63) is 0 Å². The molecular formula is C43H86LiNO2. The van der Waals surface area contributed by atoms with E-state index >= 15 is 0 Å². The van der Waals surface area contributed by atoms with Crippen LogP contribution in [0, 0.1) is 0 Å². The van der Waals surface area contributed by atoms with Crippen molar-refractivity contribution in [3.63, 3.8) is 0 Å². The van der Waals surface area contributed by atoms with Crippen LogP contribution in [-0.2, 0) is 4.79 Å². The van der Waals surface area contributed by atoms with Crippen molar-refractivity contribution in [3.8, 4) is 0 Å². The maximum absolute atomic E-state index is 11.0. The average Bonchev–Trinajstić information content (AvgIpc) is 3.05. The Morgan fingerprint density at radius 2 is 0.532 bits per heavy atom. The van der Waals surface area contributed by atoms with E-state index in [-0.39, 0.29) is 25.3 Å². The van der Waals surface area contributed by atoms with Gasteiger partial charge in [0, 0.05) is 12.5 Å². The molecule has 276 valence electrons. The van der Waals surface area contributed by atoms with E-state index < -0.39 is 5.97 Å². The molecule has 0 aliphatic carbocycles. The minimum absolute atomic E-state index is 0. The maximum Gasteiger partial charge on any atom is 1.00 e. The number of carboxylic acid groups (broad SMARTS) is 1. The molecule has 0 heterocycles. The van der Waals surface area contributed by atoms with Gasteiger partial charge in [-0.15, -0.1) is 0 Å². The van der Waals surface area contributed by atoms with Gasteiger partial charge in [-0.25, -0.2) is 0 Å². The third-order valence-corrected chi connectivity index (χ3v) is 10.3. The quantitative estimate of drug-likeness (QED) is 0.0486. The number of hydrogen-bond acceptors (Lipinski definition) is 3. The summed E-state index contributed by atoms with van der Waals surface area (Å²) in [4.78, 5) is 13.4. The van der Waals surface area contributed by atoms with Gasteiger partial charge >= 0.3 is 18.9 Å². The number of nitrogens with zero attached hydrogens (tertiary/aromatic N) is 1. The molecule has 0 N–H and O–H groups in total. The summed E-state index contributed by atoms with van der Waals surface area (Å²) < 4.78 is 0. The predicted octanol–water partition coefficient (Wildman–Crippen LogP) is 10.5. The fourth-order valence-electron chi connectivity index (χ4n) is 7.06. The number of carboxylic acids is 1. The first-order valence-corrected chi connectivity index (χ1v) is 21.6. The Balaban J connectivity index is 0. The summed E-state index contributed by atoms with van der Waals surface area (Å²) in [7, 11) is 0. The van der Waals surface area contributed by atoms with Crippen molar-refractivity contribution in [1.29, 1.82) is 0 Å². The van der Waals surface area contributed by atoms with Crippen molar-refractivity contribution in [2.75, 3.05) is 19.6 Å². The third-order valence-electron chi connectivity index (χ3n) is 10.3. The number of carbonyl (C=O) groups is 1. The van der Waals surface area contributed by atoms with Crippen molar-refractivity contribution < 1.29 is 28.8 Å². The first-order valence-electron chi connectivity index (χ1n) is 21.6. The summed E-state index contributed by atoms with van der Waals surface area (Å²) in [6.07, 6.45) is 50.7. The van der Waals surface area contributed by atoms with E-state index in [2.05, 4.69) is 18.7 Å². The van der Waals surface area contributed by atoms with Crippen molar-refractivity contribution in [1.82, 2.24) is 4.90 Å². The SMILES string of the molecule is CCCCCCCCCCCCCCCCCCCCN(CCCCCCCCCCCCCCCCCCCC)CCC(=O)[O-].[Li+]. The van der Waals surface area contributed by atoms with Crippen LogP contribution in [0.2, 0.25) is 0 Å². The summed E-state index contributed by atoms with van der Waals surface area (Å²) in [5.41, 5.74) is 0. The molecule has 0 rings (SSSR count). The Morgan fingerprint density at radius 3 is 0.723 bits per heavy atom. The fourth-order valence-corrected chi connectivity index (χ4v) is 7.06. The van der Waals surface area contributed by atoms with Crippen molar-refractivity contribution in [2.45, 2.75) is 251 Å². The molecule has 0 aromatic rings. The van der Waals surface area contributed by atoms with Gasteiger partial charge in [0.1, 0.15) is 0 Å². The normalized spacial score (nSPS) is 11.4. The summed E-state index contributed by atoms with van der Waals surface area (Å²) in [5.74, 6) is -0.902. The average molecular weight is 656 g/mol. The third kappa shape index (κ3) is 44.0. The van der Waals surface area contributed by atoms with Crippen molar-refractivity contribution in [2.24, 2.45) is 0 Å². The van der Waals surface area contributed by atoms with E-state index in [0.29, 0.717) is 6.54 Å². The molecule has 0 fully saturated rings. The van der Waals surface area contributed by atoms with Crippen LogP contribution in [0.4, 0.5) is 0 Å². The van der Waals surface area contributed by atoms with Crippen LogP contribution in [0.1, 0.15) is 251 Å². The summed E-state index contributed by atoms with van der Waals surface area (Å²) in [5, 5.41) is 11.0. The van der Waals surface area contributed by atoms with Gasteiger partial charge in [-0.2, -0.15) is 0 Å². The zero-order valence-corrected chi connectivity index (χ0v) is 33.0. The molecule has 0 spiro atoms. The monoisotopic (exact) mass is 656 g/mol. The molecule has 0 saturated heterocycles. The molecule has 0 aromatic heterocycles. The maximum atomic E-state index is 11.0. The van der Waals surface area contributed by atoms with E-state index in [9.17, 15) is 9.90 Å². The number of unbranched alkanes of at least 4 members (excludes halogenated alkanes) is 34. The zero-order chi connectivity index (χ0) is 33.4. The first-order chi connectivity index (χ1) is 22.7. The molecule has 0 radical (unpaired) electrons. The second-order valence-corrected chi connectivity index (χ2v) is 15.0. The van der Waals surface area contributed by atoms with Gasteiger partial charge in [0.2, 0.25) is 0 Å². The number of aliphatic carboxylic acids is 1. The van der Waals surface area contributed by atoms with Crippen molar-refractivity contribution >= 4 is 5.97 Å². The molecule has 0 amide bonds. The molecule has 0 unspecified atom stereocenters. The van der Waals surface area contributed by atoms with E-state index in [1.807, 2.05) is 0 Å². The van der Waals surface area contributed by atoms with E-state index in [4.69, 9.17) is 0 Å². The molecule has 3 nitrogen and oxygen atoms in total. The minimum atomic E-state index is -0.902. The molecule has 0 saturated carbocycles. The van der Waals surface area contributed by atoms with E-state index in [0.717, 1.165) is 13.1 Å². The van der Waals surface area contributed by atoms with Crippen LogP contribution in [-0.4, -0.2) is 30.5 Å². The Hall–Kier alpha value is 0.0274. The second kappa shape index (κ2) is 44.0. The smallest absolute Gasteiger partial charge is 0.550 e. The van der Waals surface area contributed by atoms with Crippen LogP contribution in [0.15, 0.2) is 0 Å². The Morgan fingerprint density at radius 1 is 0.340 bits per heavy atom. The topological polar surface area (TPSA) is 43.4 Å². The summed E-state index contributed by atoms with van der Waals surface area (Å²) >= 11 is 0. The van der Waals surface area contributed by atoms with Crippen LogP contribution < -0.4 is 24.0 Å². The molecule has 47 heavy (non-hydrogen) atoms. The fraction of sp³-hybridized carbons (Fsp3) is 0.977. The van der Waals surface area contributed by atoms with Crippen LogP contribution in [0.3, 0.4) is 0 Å². The van der Waals surface area contributed by atoms with Gasteiger partial charge in [0.15, 0.2) is 0 Å². The second-order valence-electron chi connectivity index (χ2n) is 15.0. The molecule has 0 aliphatic rings. The van der Waals surface area contributed by atoms with Gasteiger partial charge in [-0.05, 0) is 32.4 Å². The van der Waals surface area contributed by atoms with Gasteiger partial charge in [0.25, 0.3) is 0 Å². The Kier molecular flexibility index (Phi) is 46.1. The number of hydrogen-bond donors (Lipinski definition) is 0.